The van der Waals surface area contributed by atoms with Crippen LogP contribution in [0.25, 0.3) is 0 Å². The highest BCUT2D eigenvalue weighted by atomic mass is 32.2. The molecule has 0 saturated carbocycles. The summed E-state index contributed by atoms with van der Waals surface area (Å²) in [6.45, 7) is 7.85. The lowest BCUT2D eigenvalue weighted by Crippen LogP contribution is -2.28. The molecule has 0 radical (unpaired) electrons. The summed E-state index contributed by atoms with van der Waals surface area (Å²) in [5.41, 5.74) is 5.18. The lowest BCUT2D eigenvalue weighted by Gasteiger charge is -2.32. The highest BCUT2D eigenvalue weighted by Gasteiger charge is 2.30. The minimum atomic E-state index is -0.832. The average Bonchev–Trinajstić information content (AvgIpc) is 3.35. The smallest absolute Gasteiger partial charge is 0.323 e. The van der Waals surface area contributed by atoms with Gasteiger partial charge in [0.05, 0.1) is 21.8 Å². The van der Waals surface area contributed by atoms with E-state index in [4.69, 9.17) is 0 Å². The quantitative estimate of drug-likeness (QED) is 0.424. The Morgan fingerprint density at radius 2 is 1.81 bits per heavy atom. The first kappa shape index (κ1) is 24.8. The number of likely N-dealkylation sites (N-methyl/N-ethyl adjacent to an activating group) is 1. The van der Waals surface area contributed by atoms with E-state index in [9.17, 15) is 9.90 Å². The maximum Gasteiger partial charge on any atom is 0.323 e. The summed E-state index contributed by atoms with van der Waals surface area (Å²) in [6.07, 6.45) is 13.2. The van der Waals surface area contributed by atoms with Crippen molar-refractivity contribution >= 4 is 40.9 Å². The molecule has 186 valence electrons. The van der Waals surface area contributed by atoms with Crippen molar-refractivity contribution in [1.29, 1.82) is 0 Å². The normalized spacial score (nSPS) is 22.9. The van der Waals surface area contributed by atoms with E-state index in [2.05, 4.69) is 74.2 Å². The molecule has 36 heavy (non-hydrogen) atoms. The SMILES string of the molecule is CCN1c2ccccc2SC1C=C1C=C(C=CC=C2Sc3ccccc3N2CC(=O)O)CC(C)(C)C1. The molecule has 5 rings (SSSR count). The molecule has 0 aromatic heterocycles. The summed E-state index contributed by atoms with van der Waals surface area (Å²) in [5, 5.41) is 10.7. The van der Waals surface area contributed by atoms with Gasteiger partial charge in [-0.3, -0.25) is 4.79 Å². The van der Waals surface area contributed by atoms with Crippen LogP contribution in [0, 0.1) is 5.41 Å². The zero-order chi connectivity index (χ0) is 25.3. The van der Waals surface area contributed by atoms with Gasteiger partial charge in [-0.2, -0.15) is 0 Å². The minimum Gasteiger partial charge on any atom is -0.480 e. The summed E-state index contributed by atoms with van der Waals surface area (Å²) >= 11 is 3.56. The van der Waals surface area contributed by atoms with E-state index in [1.54, 1.807) is 11.8 Å². The van der Waals surface area contributed by atoms with Gasteiger partial charge in [0, 0.05) is 16.3 Å². The second-order valence-electron chi connectivity index (χ2n) is 10.2. The molecule has 2 aromatic rings. The van der Waals surface area contributed by atoms with E-state index in [0.29, 0.717) is 5.37 Å². The molecular weight excluding hydrogens is 484 g/mol. The van der Waals surface area contributed by atoms with E-state index in [-0.39, 0.29) is 12.0 Å². The molecule has 3 aliphatic rings. The fourth-order valence-corrected chi connectivity index (χ4v) is 7.66. The zero-order valence-corrected chi connectivity index (χ0v) is 22.6. The fourth-order valence-electron chi connectivity index (χ4n) is 5.23. The standard InChI is InChI=1S/C30H32N2O2S2/c1-4-31-23-11-5-7-13-25(23)36-28(31)17-22-16-21(18-30(2,3)19-22)10-9-15-27-32(20-29(33)34)24-12-6-8-14-26(24)35-27/h5-17,28H,4,18-20H2,1-3H3,(H,33,34). The highest BCUT2D eigenvalue weighted by Crippen LogP contribution is 2.47. The number of aliphatic carboxylic acids is 1. The summed E-state index contributed by atoms with van der Waals surface area (Å²) in [6, 6.07) is 16.7. The van der Waals surface area contributed by atoms with Crippen molar-refractivity contribution in [1.82, 2.24) is 0 Å². The maximum absolute atomic E-state index is 11.5. The van der Waals surface area contributed by atoms with Gasteiger partial charge in [0.25, 0.3) is 0 Å². The number of hydrogen-bond acceptors (Lipinski definition) is 5. The molecule has 2 aromatic carbocycles. The molecule has 1 atom stereocenters. The molecular formula is C30H32N2O2S2. The number of carbonyl (C=O) groups is 1. The summed E-state index contributed by atoms with van der Waals surface area (Å²) < 4.78 is 0. The van der Waals surface area contributed by atoms with Crippen LogP contribution < -0.4 is 9.80 Å². The first-order valence-corrected chi connectivity index (χ1v) is 14.1. The number of anilines is 2. The van der Waals surface area contributed by atoms with Gasteiger partial charge in [-0.1, -0.05) is 79.9 Å². The third-order valence-corrected chi connectivity index (χ3v) is 9.00. The summed E-state index contributed by atoms with van der Waals surface area (Å²) in [5.74, 6) is -0.832. The van der Waals surface area contributed by atoms with Gasteiger partial charge >= 0.3 is 5.97 Å². The Kier molecular flexibility index (Phi) is 7.09. The van der Waals surface area contributed by atoms with Gasteiger partial charge < -0.3 is 14.9 Å². The molecule has 0 bridgehead atoms. The summed E-state index contributed by atoms with van der Waals surface area (Å²) in [7, 11) is 0. The number of rotatable bonds is 6. The predicted molar refractivity (Wildman–Crippen MR) is 153 cm³/mol. The topological polar surface area (TPSA) is 43.8 Å². The highest BCUT2D eigenvalue weighted by molar-refractivity contribution is 8.03. The van der Waals surface area contributed by atoms with Gasteiger partial charge in [-0.05, 0) is 72.7 Å². The number of nitrogens with zero attached hydrogens (tertiary/aromatic N) is 2. The number of carboxylic acids is 1. The third kappa shape index (κ3) is 5.30. The monoisotopic (exact) mass is 516 g/mol. The Morgan fingerprint density at radius 3 is 2.56 bits per heavy atom. The van der Waals surface area contributed by atoms with Crippen molar-refractivity contribution < 1.29 is 9.90 Å². The minimum absolute atomic E-state index is 0.0400. The van der Waals surface area contributed by atoms with Crippen LogP contribution in [0.3, 0.4) is 0 Å². The van der Waals surface area contributed by atoms with Crippen LogP contribution in [0.15, 0.2) is 105 Å². The van der Waals surface area contributed by atoms with Crippen molar-refractivity contribution in [3.63, 3.8) is 0 Å². The van der Waals surface area contributed by atoms with Crippen molar-refractivity contribution in [3.05, 3.63) is 95.1 Å². The van der Waals surface area contributed by atoms with Gasteiger partial charge in [-0.25, -0.2) is 0 Å². The summed E-state index contributed by atoms with van der Waals surface area (Å²) in [4.78, 5) is 18.3. The number of allylic oxidation sites excluding steroid dienone is 6. The molecule has 0 amide bonds. The van der Waals surface area contributed by atoms with Crippen LogP contribution in [-0.4, -0.2) is 29.5 Å². The first-order chi connectivity index (χ1) is 17.3. The van der Waals surface area contributed by atoms with Gasteiger partial charge in [0.1, 0.15) is 6.54 Å². The first-order valence-electron chi connectivity index (χ1n) is 12.4. The molecule has 2 aliphatic heterocycles. The molecule has 2 heterocycles. The number of benzene rings is 2. The van der Waals surface area contributed by atoms with E-state index < -0.39 is 5.97 Å². The second-order valence-corrected chi connectivity index (χ2v) is 12.4. The fraction of sp³-hybridized carbons (Fsp3) is 0.300. The second kappa shape index (κ2) is 10.3. The molecule has 4 nitrogen and oxygen atoms in total. The lowest BCUT2D eigenvalue weighted by molar-refractivity contribution is -0.135. The Balaban J connectivity index is 1.38. The average molecular weight is 517 g/mol. The molecule has 1 aliphatic carbocycles. The van der Waals surface area contributed by atoms with E-state index in [1.165, 1.54) is 21.7 Å². The van der Waals surface area contributed by atoms with Crippen LogP contribution in [0.5, 0.6) is 0 Å². The number of fused-ring (bicyclic) bond motifs is 2. The molecule has 1 N–H and O–H groups in total. The Bertz CT molecular complexity index is 1290. The molecule has 1 unspecified atom stereocenters. The number of hydrogen-bond donors (Lipinski definition) is 1. The van der Waals surface area contributed by atoms with Crippen LogP contribution in [0.2, 0.25) is 0 Å². The largest absolute Gasteiger partial charge is 0.480 e. The van der Waals surface area contributed by atoms with Gasteiger partial charge in [-0.15, -0.1) is 0 Å². The molecule has 0 saturated heterocycles. The molecule has 0 spiro atoms. The lowest BCUT2D eigenvalue weighted by atomic mass is 9.75. The molecule has 0 fully saturated rings. The number of para-hydroxylation sites is 2. The number of carboxylic acid groups (broad SMARTS) is 1. The maximum atomic E-state index is 11.5. The van der Waals surface area contributed by atoms with Crippen molar-refractivity contribution in [3.8, 4) is 0 Å². The van der Waals surface area contributed by atoms with Crippen molar-refractivity contribution in [2.75, 3.05) is 22.9 Å². The van der Waals surface area contributed by atoms with Crippen LogP contribution in [0.4, 0.5) is 11.4 Å². The van der Waals surface area contributed by atoms with Crippen molar-refractivity contribution in [2.45, 2.75) is 48.8 Å². The van der Waals surface area contributed by atoms with E-state index >= 15 is 0 Å². The van der Waals surface area contributed by atoms with Gasteiger partial charge in [0.15, 0.2) is 0 Å². The van der Waals surface area contributed by atoms with E-state index in [0.717, 1.165) is 35.0 Å². The molecule has 6 heteroatoms. The Morgan fingerprint density at radius 1 is 1.08 bits per heavy atom. The third-order valence-electron chi connectivity index (χ3n) is 6.64. The van der Waals surface area contributed by atoms with Crippen LogP contribution in [-0.2, 0) is 4.79 Å². The zero-order valence-electron chi connectivity index (χ0n) is 21.0. The van der Waals surface area contributed by atoms with Crippen molar-refractivity contribution in [2.24, 2.45) is 5.41 Å². The predicted octanol–water partition coefficient (Wildman–Crippen LogP) is 7.71. The van der Waals surface area contributed by atoms with E-state index in [1.807, 2.05) is 47.0 Å². The Labute approximate surface area is 222 Å². The van der Waals surface area contributed by atoms with Crippen LogP contribution >= 0.6 is 23.5 Å². The number of thioether (sulfide) groups is 2. The van der Waals surface area contributed by atoms with Crippen LogP contribution in [0.1, 0.15) is 33.6 Å². The Hall–Kier alpha value is -2.83. The van der Waals surface area contributed by atoms with Gasteiger partial charge in [0.2, 0.25) is 0 Å².